The Labute approximate surface area is 166 Å². The van der Waals surface area contributed by atoms with E-state index in [1.165, 1.54) is 31.9 Å². The zero-order valence-corrected chi connectivity index (χ0v) is 16.7. The van der Waals surface area contributed by atoms with E-state index < -0.39 is 11.6 Å². The lowest BCUT2D eigenvalue weighted by Gasteiger charge is -2.33. The summed E-state index contributed by atoms with van der Waals surface area (Å²) in [6.45, 7) is 7.28. The van der Waals surface area contributed by atoms with E-state index in [1.807, 2.05) is 4.90 Å². The second-order valence-corrected chi connectivity index (χ2v) is 8.07. The van der Waals surface area contributed by atoms with E-state index in [2.05, 4.69) is 22.5 Å². The molecule has 0 aromatic heterocycles. The van der Waals surface area contributed by atoms with Crippen molar-refractivity contribution in [2.75, 3.05) is 44.2 Å². The number of anilines is 1. The van der Waals surface area contributed by atoms with Crippen LogP contribution in [0.2, 0.25) is 0 Å². The minimum atomic E-state index is -0.826. The fraction of sp³-hybridized carbons (Fsp3) is 0.667. The van der Waals surface area contributed by atoms with Crippen LogP contribution in [0.3, 0.4) is 0 Å². The number of carbonyl (C=O) groups excluding carboxylic acids is 1. The van der Waals surface area contributed by atoms with Gasteiger partial charge in [0.15, 0.2) is 11.6 Å². The van der Waals surface area contributed by atoms with Crippen molar-refractivity contribution in [1.82, 2.24) is 15.5 Å². The number of nitrogens with one attached hydrogen (secondary N) is 2. The van der Waals surface area contributed by atoms with Gasteiger partial charge in [0.05, 0.1) is 0 Å². The highest BCUT2D eigenvalue weighted by atomic mass is 19.2. The Morgan fingerprint density at radius 1 is 1.14 bits per heavy atom. The quantitative estimate of drug-likeness (QED) is 0.698. The summed E-state index contributed by atoms with van der Waals surface area (Å²) in [7, 11) is 0. The third-order valence-electron chi connectivity index (χ3n) is 5.95. The smallest absolute Gasteiger partial charge is 0.314 e. The zero-order chi connectivity index (χ0) is 19.9. The lowest BCUT2D eigenvalue weighted by molar-refractivity contribution is 0.159. The molecule has 0 aliphatic carbocycles. The fourth-order valence-corrected chi connectivity index (χ4v) is 4.19. The molecule has 2 amide bonds. The third-order valence-corrected chi connectivity index (χ3v) is 5.95. The predicted octanol–water partition coefficient (Wildman–Crippen LogP) is 3.35. The number of amides is 2. The molecule has 5 nitrogen and oxygen atoms in total. The van der Waals surface area contributed by atoms with Gasteiger partial charge < -0.3 is 20.4 Å². The molecule has 1 aromatic rings. The molecule has 0 unspecified atom stereocenters. The van der Waals surface area contributed by atoms with E-state index >= 15 is 0 Å². The minimum absolute atomic E-state index is 0.127. The Kier molecular flexibility index (Phi) is 7.48. The number of likely N-dealkylation sites (tertiary alicyclic amines) is 1. The zero-order valence-electron chi connectivity index (χ0n) is 16.7. The number of carbonyl (C=O) groups is 1. The molecule has 0 radical (unpaired) electrons. The number of nitrogens with zero attached hydrogens (tertiary/aromatic N) is 2. The van der Waals surface area contributed by atoms with Gasteiger partial charge >= 0.3 is 6.03 Å². The highest BCUT2D eigenvalue weighted by Crippen LogP contribution is 2.25. The highest BCUT2D eigenvalue weighted by Gasteiger charge is 2.24. The van der Waals surface area contributed by atoms with Gasteiger partial charge in [-0.25, -0.2) is 13.6 Å². The average Bonchev–Trinajstić information content (AvgIpc) is 3.16. The molecule has 2 aliphatic rings. The van der Waals surface area contributed by atoms with Gasteiger partial charge in [0.1, 0.15) is 0 Å². The van der Waals surface area contributed by atoms with Gasteiger partial charge in [-0.2, -0.15) is 0 Å². The van der Waals surface area contributed by atoms with Crippen LogP contribution in [0.5, 0.6) is 0 Å². The molecule has 2 heterocycles. The van der Waals surface area contributed by atoms with E-state index in [9.17, 15) is 13.6 Å². The van der Waals surface area contributed by atoms with E-state index in [-0.39, 0.29) is 6.03 Å². The second-order valence-electron chi connectivity index (χ2n) is 8.07. The predicted molar refractivity (Wildman–Crippen MR) is 108 cm³/mol. The molecule has 2 aliphatic heterocycles. The first kappa shape index (κ1) is 20.8. The monoisotopic (exact) mass is 394 g/mol. The SMILES string of the molecule is C[C@@H]1CCCCN1CCCNC(=O)NC[C@H]1CCN(c2ccc(F)c(F)c2)C1. The second kappa shape index (κ2) is 10.0. The molecule has 2 N–H and O–H groups in total. The standard InChI is InChI=1S/C21H32F2N4O/c1-16-5-2-3-10-26(16)11-4-9-24-21(28)25-14-17-8-12-27(15-17)18-6-7-19(22)20(23)13-18/h6-7,13,16-17H,2-5,8-12,14-15H2,1H3,(H2,24,25,28)/t16-,17-/m1/s1. The van der Waals surface area contributed by atoms with Crippen LogP contribution in [-0.2, 0) is 0 Å². The fourth-order valence-electron chi connectivity index (χ4n) is 4.19. The summed E-state index contributed by atoms with van der Waals surface area (Å²) >= 11 is 0. The van der Waals surface area contributed by atoms with Crippen molar-refractivity contribution in [3.8, 4) is 0 Å². The largest absolute Gasteiger partial charge is 0.371 e. The van der Waals surface area contributed by atoms with Crippen LogP contribution < -0.4 is 15.5 Å². The Bertz CT molecular complexity index is 657. The summed E-state index contributed by atoms with van der Waals surface area (Å²) in [5.41, 5.74) is 0.692. The van der Waals surface area contributed by atoms with Crippen molar-refractivity contribution in [3.05, 3.63) is 29.8 Å². The number of rotatable bonds is 7. The summed E-state index contributed by atoms with van der Waals surface area (Å²) in [6, 6.07) is 4.53. The topological polar surface area (TPSA) is 47.6 Å². The minimum Gasteiger partial charge on any atom is -0.371 e. The highest BCUT2D eigenvalue weighted by molar-refractivity contribution is 5.73. The van der Waals surface area contributed by atoms with Crippen LogP contribution in [0.15, 0.2) is 18.2 Å². The van der Waals surface area contributed by atoms with Crippen LogP contribution in [-0.4, -0.2) is 56.2 Å². The summed E-state index contributed by atoms with van der Waals surface area (Å²) in [6.07, 6.45) is 5.77. The summed E-state index contributed by atoms with van der Waals surface area (Å²) in [4.78, 5) is 16.6. The molecule has 0 saturated carbocycles. The van der Waals surface area contributed by atoms with E-state index in [4.69, 9.17) is 0 Å². The van der Waals surface area contributed by atoms with E-state index in [1.54, 1.807) is 6.07 Å². The number of hydrogen-bond donors (Lipinski definition) is 2. The Hall–Kier alpha value is -1.89. The number of hydrogen-bond acceptors (Lipinski definition) is 3. The number of halogens is 2. The molecular weight excluding hydrogens is 362 g/mol. The van der Waals surface area contributed by atoms with Crippen molar-refractivity contribution in [1.29, 1.82) is 0 Å². The molecule has 28 heavy (non-hydrogen) atoms. The first-order valence-corrected chi connectivity index (χ1v) is 10.5. The molecule has 1 aromatic carbocycles. The van der Waals surface area contributed by atoms with Gasteiger partial charge in [-0.05, 0) is 57.2 Å². The number of piperidine rings is 1. The van der Waals surface area contributed by atoms with E-state index in [0.29, 0.717) is 30.7 Å². The maximum Gasteiger partial charge on any atom is 0.314 e. The van der Waals surface area contributed by atoms with Gasteiger partial charge in [0.25, 0.3) is 0 Å². The van der Waals surface area contributed by atoms with Crippen molar-refractivity contribution in [2.24, 2.45) is 5.92 Å². The Balaban J connectivity index is 1.30. The Morgan fingerprint density at radius 2 is 2.00 bits per heavy atom. The van der Waals surface area contributed by atoms with Gasteiger partial charge in [-0.1, -0.05) is 6.42 Å². The molecule has 156 valence electrons. The van der Waals surface area contributed by atoms with Crippen LogP contribution >= 0.6 is 0 Å². The van der Waals surface area contributed by atoms with Crippen LogP contribution in [0, 0.1) is 17.6 Å². The molecule has 0 bridgehead atoms. The van der Waals surface area contributed by atoms with Crippen LogP contribution in [0.25, 0.3) is 0 Å². The maximum atomic E-state index is 13.4. The first-order chi connectivity index (χ1) is 13.5. The van der Waals surface area contributed by atoms with Crippen molar-refractivity contribution in [3.63, 3.8) is 0 Å². The normalized spacial score (nSPS) is 23.0. The van der Waals surface area contributed by atoms with Gasteiger partial charge in [0.2, 0.25) is 0 Å². The molecular formula is C21H32F2N4O. The maximum absolute atomic E-state index is 13.4. The van der Waals surface area contributed by atoms with Crippen molar-refractivity contribution in [2.45, 2.75) is 45.1 Å². The molecule has 2 saturated heterocycles. The molecule has 0 spiro atoms. The van der Waals surface area contributed by atoms with Crippen molar-refractivity contribution < 1.29 is 13.6 Å². The molecule has 2 atom stereocenters. The van der Waals surface area contributed by atoms with Gasteiger partial charge in [0, 0.05) is 50.5 Å². The van der Waals surface area contributed by atoms with Crippen LogP contribution in [0.1, 0.15) is 39.0 Å². The molecule has 2 fully saturated rings. The van der Waals surface area contributed by atoms with Gasteiger partial charge in [-0.15, -0.1) is 0 Å². The lowest BCUT2D eigenvalue weighted by atomic mass is 10.0. The Morgan fingerprint density at radius 3 is 2.79 bits per heavy atom. The summed E-state index contributed by atoms with van der Waals surface area (Å²) in [5.74, 6) is -1.34. The molecule has 3 rings (SSSR count). The summed E-state index contributed by atoms with van der Waals surface area (Å²) in [5, 5.41) is 5.88. The number of urea groups is 1. The molecule has 7 heteroatoms. The average molecular weight is 395 g/mol. The van der Waals surface area contributed by atoms with Crippen LogP contribution in [0.4, 0.5) is 19.3 Å². The lowest BCUT2D eigenvalue weighted by Crippen LogP contribution is -2.41. The first-order valence-electron chi connectivity index (χ1n) is 10.5. The van der Waals surface area contributed by atoms with Crippen molar-refractivity contribution >= 4 is 11.7 Å². The number of benzene rings is 1. The summed E-state index contributed by atoms with van der Waals surface area (Å²) < 4.78 is 26.5. The third kappa shape index (κ3) is 5.80. The van der Waals surface area contributed by atoms with E-state index in [0.717, 1.165) is 38.5 Å². The van der Waals surface area contributed by atoms with Gasteiger partial charge in [-0.3, -0.25) is 0 Å².